The van der Waals surface area contributed by atoms with Crippen molar-refractivity contribution in [3.8, 4) is 0 Å². The minimum Gasteiger partial charge on any atom is -0.466 e. The Hall–Kier alpha value is -1.92. The third-order valence-corrected chi connectivity index (χ3v) is 12.4. The van der Waals surface area contributed by atoms with E-state index in [1.165, 1.54) is 180 Å². The van der Waals surface area contributed by atoms with Crippen molar-refractivity contribution in [3.05, 3.63) is 36.5 Å². The van der Waals surface area contributed by atoms with Crippen LogP contribution in [0.3, 0.4) is 0 Å². The number of aliphatic hydroxyl groups is 2. The fourth-order valence-corrected chi connectivity index (χ4v) is 8.21. The number of unbranched alkanes of at least 4 members (excludes halogenated alkanes) is 36. The van der Waals surface area contributed by atoms with Gasteiger partial charge in [0, 0.05) is 12.8 Å². The number of allylic oxidation sites excluding steroid dienone is 5. The highest BCUT2D eigenvalue weighted by Gasteiger charge is 2.18. The number of hydrogen-bond donors (Lipinski definition) is 3. The van der Waals surface area contributed by atoms with E-state index < -0.39 is 12.1 Å². The summed E-state index contributed by atoms with van der Waals surface area (Å²) >= 11 is 0. The van der Waals surface area contributed by atoms with Crippen LogP contribution in [0, 0.1) is 0 Å². The Kier molecular flexibility index (Phi) is 50.1. The smallest absolute Gasteiger partial charge is 0.305 e. The van der Waals surface area contributed by atoms with Crippen molar-refractivity contribution in [3.63, 3.8) is 0 Å². The molecule has 0 saturated carbocycles. The van der Waals surface area contributed by atoms with Crippen LogP contribution < -0.4 is 5.32 Å². The van der Waals surface area contributed by atoms with Crippen molar-refractivity contribution < 1.29 is 24.5 Å². The van der Waals surface area contributed by atoms with E-state index in [9.17, 15) is 19.8 Å². The zero-order chi connectivity index (χ0) is 45.1. The number of carbonyl (C=O) groups excluding carboxylic acids is 2. The Morgan fingerprint density at radius 3 is 1.19 bits per heavy atom. The molecule has 0 bridgehead atoms. The molecule has 2 unspecified atom stereocenters. The first-order valence-corrected chi connectivity index (χ1v) is 27.3. The number of nitrogens with one attached hydrogen (secondary N) is 1. The molecule has 0 aliphatic rings. The van der Waals surface area contributed by atoms with Crippen molar-refractivity contribution in [2.24, 2.45) is 0 Å². The predicted molar refractivity (Wildman–Crippen MR) is 269 cm³/mol. The molecule has 1 amide bonds. The molecule has 0 saturated heterocycles. The summed E-state index contributed by atoms with van der Waals surface area (Å²) in [6.45, 7) is 4.84. The zero-order valence-corrected chi connectivity index (χ0v) is 41.4. The van der Waals surface area contributed by atoms with Crippen LogP contribution >= 0.6 is 0 Å². The van der Waals surface area contributed by atoms with Crippen molar-refractivity contribution in [2.45, 2.75) is 296 Å². The largest absolute Gasteiger partial charge is 0.466 e. The van der Waals surface area contributed by atoms with Gasteiger partial charge in [-0.15, -0.1) is 0 Å². The first-order chi connectivity index (χ1) is 30.5. The second-order valence-electron chi connectivity index (χ2n) is 18.6. The fraction of sp³-hybridized carbons (Fsp3) is 0.857. The Morgan fingerprint density at radius 1 is 0.452 bits per heavy atom. The van der Waals surface area contributed by atoms with E-state index in [-0.39, 0.29) is 18.5 Å². The van der Waals surface area contributed by atoms with E-state index in [1.54, 1.807) is 6.08 Å². The Balaban J connectivity index is 3.46. The molecule has 6 nitrogen and oxygen atoms in total. The van der Waals surface area contributed by atoms with Crippen molar-refractivity contribution in [1.29, 1.82) is 0 Å². The third-order valence-electron chi connectivity index (χ3n) is 12.4. The summed E-state index contributed by atoms with van der Waals surface area (Å²) in [5.41, 5.74) is 0. The van der Waals surface area contributed by atoms with Crippen LogP contribution in [0.1, 0.15) is 284 Å². The molecule has 0 aromatic rings. The highest BCUT2D eigenvalue weighted by atomic mass is 16.5. The van der Waals surface area contributed by atoms with Crippen LogP contribution in [0.4, 0.5) is 0 Å². The Bertz CT molecular complexity index is 1010. The summed E-state index contributed by atoms with van der Waals surface area (Å²) in [7, 11) is 0. The van der Waals surface area contributed by atoms with Gasteiger partial charge >= 0.3 is 5.97 Å². The molecule has 62 heavy (non-hydrogen) atoms. The molecule has 0 spiro atoms. The summed E-state index contributed by atoms with van der Waals surface area (Å²) in [6, 6.07) is -0.633. The molecule has 0 aliphatic heterocycles. The van der Waals surface area contributed by atoms with Gasteiger partial charge in [-0.1, -0.05) is 243 Å². The minimum absolute atomic E-state index is 0.0109. The third kappa shape index (κ3) is 47.6. The van der Waals surface area contributed by atoms with E-state index in [2.05, 4.69) is 43.5 Å². The lowest BCUT2D eigenvalue weighted by Crippen LogP contribution is -2.45. The van der Waals surface area contributed by atoms with Crippen molar-refractivity contribution in [1.82, 2.24) is 5.32 Å². The molecule has 2 atom stereocenters. The fourth-order valence-electron chi connectivity index (χ4n) is 8.21. The average molecular weight is 872 g/mol. The molecule has 364 valence electrons. The first-order valence-electron chi connectivity index (χ1n) is 27.3. The molecule has 0 fully saturated rings. The van der Waals surface area contributed by atoms with Crippen molar-refractivity contribution >= 4 is 11.9 Å². The lowest BCUT2D eigenvalue weighted by atomic mass is 10.0. The van der Waals surface area contributed by atoms with Gasteiger partial charge in [-0.2, -0.15) is 0 Å². The lowest BCUT2D eigenvalue weighted by molar-refractivity contribution is -0.143. The molecule has 0 radical (unpaired) electrons. The highest BCUT2D eigenvalue weighted by molar-refractivity contribution is 5.76. The monoisotopic (exact) mass is 872 g/mol. The first kappa shape index (κ1) is 60.1. The highest BCUT2D eigenvalue weighted by Crippen LogP contribution is 2.16. The molecular formula is C56H105NO5. The maximum absolute atomic E-state index is 12.4. The number of aliphatic hydroxyl groups excluding tert-OH is 2. The van der Waals surface area contributed by atoms with Gasteiger partial charge < -0.3 is 20.3 Å². The molecule has 6 heteroatoms. The number of esters is 1. The SMILES string of the molecule is CCCCCCCCC/C=C/C(O)C(CO)NC(=O)CCCCCCCCCCCC/C=C\C=C/CCCCCOC(=O)CCCCCCCCCCCCCCCCCCC. The lowest BCUT2D eigenvalue weighted by Gasteiger charge is -2.20. The van der Waals surface area contributed by atoms with Gasteiger partial charge in [0.2, 0.25) is 5.91 Å². The maximum atomic E-state index is 12.4. The minimum atomic E-state index is -0.849. The van der Waals surface area contributed by atoms with Gasteiger partial charge in [-0.05, 0) is 64.2 Å². The van der Waals surface area contributed by atoms with E-state index in [4.69, 9.17) is 4.74 Å². The van der Waals surface area contributed by atoms with Gasteiger partial charge in [-0.3, -0.25) is 9.59 Å². The zero-order valence-electron chi connectivity index (χ0n) is 41.4. The van der Waals surface area contributed by atoms with Crippen LogP contribution in [0.2, 0.25) is 0 Å². The van der Waals surface area contributed by atoms with E-state index in [0.29, 0.717) is 19.4 Å². The van der Waals surface area contributed by atoms with Gasteiger partial charge in [0.05, 0.1) is 25.4 Å². The number of hydrogen-bond acceptors (Lipinski definition) is 5. The van der Waals surface area contributed by atoms with Crippen LogP contribution in [-0.2, 0) is 14.3 Å². The molecule has 0 rings (SSSR count). The van der Waals surface area contributed by atoms with Crippen LogP contribution in [0.5, 0.6) is 0 Å². The molecule has 0 aromatic carbocycles. The van der Waals surface area contributed by atoms with Gasteiger partial charge in [-0.25, -0.2) is 0 Å². The molecular weight excluding hydrogens is 767 g/mol. The van der Waals surface area contributed by atoms with E-state index >= 15 is 0 Å². The topological polar surface area (TPSA) is 95.9 Å². The molecule has 0 aliphatic carbocycles. The summed E-state index contributed by atoms with van der Waals surface area (Å²) < 4.78 is 5.46. The quantitative estimate of drug-likeness (QED) is 0.0245. The van der Waals surface area contributed by atoms with Crippen LogP contribution in [0.15, 0.2) is 36.5 Å². The number of amides is 1. The normalized spacial score (nSPS) is 12.9. The maximum Gasteiger partial charge on any atom is 0.305 e. The Morgan fingerprint density at radius 2 is 0.790 bits per heavy atom. The van der Waals surface area contributed by atoms with Crippen LogP contribution in [-0.4, -0.2) is 47.4 Å². The Labute approximate surface area is 385 Å². The number of ether oxygens (including phenoxy) is 1. The van der Waals surface area contributed by atoms with Crippen molar-refractivity contribution in [2.75, 3.05) is 13.2 Å². The second kappa shape index (κ2) is 51.7. The summed E-state index contributed by atoms with van der Waals surface area (Å²) in [6.07, 6.45) is 63.1. The molecule has 3 N–H and O–H groups in total. The van der Waals surface area contributed by atoms with E-state index in [1.807, 2.05) is 6.08 Å². The standard InChI is InChI=1S/C56H105NO5/c1-3-5-7-9-11-13-14-15-16-20-24-27-30-34-38-42-46-50-56(61)62-51-47-43-39-35-31-28-25-22-19-17-18-21-23-26-29-33-37-41-45-49-55(60)57-53(52-58)54(59)48-44-40-36-32-12-10-8-6-4-2/h22,25,28,31,44,48,53-54,58-59H,3-21,23-24,26-27,29-30,32-43,45-47,49-52H2,1-2H3,(H,57,60)/b25-22-,31-28-,48-44+. The molecule has 0 heterocycles. The second-order valence-corrected chi connectivity index (χ2v) is 18.6. The molecule has 0 aromatic heterocycles. The number of rotatable bonds is 50. The summed E-state index contributed by atoms with van der Waals surface area (Å²) in [5, 5.41) is 22.9. The summed E-state index contributed by atoms with van der Waals surface area (Å²) in [4.78, 5) is 24.4. The number of carbonyl (C=O) groups is 2. The summed E-state index contributed by atoms with van der Waals surface area (Å²) in [5.74, 6) is -0.0919. The van der Waals surface area contributed by atoms with E-state index in [0.717, 1.165) is 77.0 Å². The van der Waals surface area contributed by atoms with Gasteiger partial charge in [0.15, 0.2) is 0 Å². The van der Waals surface area contributed by atoms with Gasteiger partial charge in [0.25, 0.3) is 0 Å². The van der Waals surface area contributed by atoms with Gasteiger partial charge in [0.1, 0.15) is 0 Å². The average Bonchev–Trinajstić information content (AvgIpc) is 3.27. The van der Waals surface area contributed by atoms with Crippen LogP contribution in [0.25, 0.3) is 0 Å². The predicted octanol–water partition coefficient (Wildman–Crippen LogP) is 16.5.